The molecule has 0 heterocycles. The predicted octanol–water partition coefficient (Wildman–Crippen LogP) is 4.75. The molecule has 1 unspecified atom stereocenters. The minimum atomic E-state index is -0.760. The van der Waals surface area contributed by atoms with Gasteiger partial charge in [0.1, 0.15) is 23.2 Å². The van der Waals surface area contributed by atoms with Crippen LogP contribution in [-0.2, 0) is 14.3 Å². The average Bonchev–Trinajstić information content (AvgIpc) is 2.72. The number of aldehydes is 1. The predicted molar refractivity (Wildman–Crippen MR) is 117 cm³/mol. The van der Waals surface area contributed by atoms with Crippen LogP contribution in [0.4, 0.5) is 0 Å². The molecule has 2 aromatic rings. The van der Waals surface area contributed by atoms with Crippen molar-refractivity contribution < 1.29 is 38.4 Å². The Morgan fingerprint density at radius 3 is 2.34 bits per heavy atom. The fourth-order valence-electron chi connectivity index (χ4n) is 3.39. The second-order valence-electron chi connectivity index (χ2n) is 7.70. The quantitative estimate of drug-likeness (QED) is 0.436. The lowest BCUT2D eigenvalue weighted by molar-refractivity contribution is -0.147. The Labute approximate surface area is 187 Å². The lowest BCUT2D eigenvalue weighted by Gasteiger charge is -2.24. The summed E-state index contributed by atoms with van der Waals surface area (Å²) in [5.74, 6) is -1.30. The molecule has 172 valence electrons. The van der Waals surface area contributed by atoms with Crippen LogP contribution in [0.5, 0.6) is 23.0 Å². The van der Waals surface area contributed by atoms with Crippen LogP contribution >= 0.6 is 0 Å². The van der Waals surface area contributed by atoms with Gasteiger partial charge in [-0.3, -0.25) is 9.59 Å². The molecule has 0 aliphatic rings. The minimum Gasteiger partial charge on any atom is -0.504 e. The van der Waals surface area contributed by atoms with Crippen LogP contribution in [0.15, 0.2) is 24.3 Å². The number of rotatable bonds is 9. The molecule has 8 nitrogen and oxygen atoms in total. The molecule has 0 aliphatic carbocycles. The second-order valence-corrected chi connectivity index (χ2v) is 7.70. The largest absolute Gasteiger partial charge is 0.504 e. The summed E-state index contributed by atoms with van der Waals surface area (Å²) in [7, 11) is 2.57. The number of phenols is 1. The molecule has 0 aromatic heterocycles. The fourth-order valence-corrected chi connectivity index (χ4v) is 3.39. The average molecular weight is 444 g/mol. The van der Waals surface area contributed by atoms with E-state index in [4.69, 9.17) is 18.9 Å². The Kier molecular flexibility index (Phi) is 8.23. The Morgan fingerprint density at radius 1 is 1.12 bits per heavy atom. The van der Waals surface area contributed by atoms with Gasteiger partial charge in [-0.25, -0.2) is 4.79 Å². The number of phenolic OH excluding ortho intramolecular Hbond substituents is 1. The fraction of sp³-hybridized carbons (Fsp3) is 0.375. The molecule has 0 amide bonds. The molecule has 0 saturated heterocycles. The van der Waals surface area contributed by atoms with Crippen LogP contribution in [0.25, 0.3) is 0 Å². The van der Waals surface area contributed by atoms with Gasteiger partial charge in [0.15, 0.2) is 17.8 Å². The number of methoxy groups -OCH3 is 2. The van der Waals surface area contributed by atoms with Crippen molar-refractivity contribution in [3.63, 3.8) is 0 Å². The molecule has 0 aliphatic heterocycles. The molecule has 1 N–H and O–H groups in total. The summed E-state index contributed by atoms with van der Waals surface area (Å²) in [6.45, 7) is 6.98. The number of aromatic hydroxyl groups is 1. The maximum absolute atomic E-state index is 12.7. The van der Waals surface area contributed by atoms with Crippen LogP contribution in [0, 0.1) is 12.8 Å². The van der Waals surface area contributed by atoms with Crippen molar-refractivity contribution in [1.82, 2.24) is 0 Å². The number of hydrogen-bond acceptors (Lipinski definition) is 8. The monoisotopic (exact) mass is 444 g/mol. The Hall–Kier alpha value is -3.55. The lowest BCUT2D eigenvalue weighted by atomic mass is 9.96. The van der Waals surface area contributed by atoms with E-state index < -0.39 is 18.0 Å². The summed E-state index contributed by atoms with van der Waals surface area (Å²) >= 11 is 0. The first-order valence-electron chi connectivity index (χ1n) is 10.1. The standard InChI is InChI=1S/C24H28O8/c1-13(2)9-20(31-15(4)26)17-7-8-19(21(23(17)29-5)24(28)30-6)32-22-16(12-25)10-14(3)11-18(22)27/h7-8,10-13,20,27H,9H2,1-6H3. The van der Waals surface area contributed by atoms with E-state index in [-0.39, 0.29) is 40.0 Å². The van der Waals surface area contributed by atoms with Crippen molar-refractivity contribution in [2.24, 2.45) is 5.92 Å². The zero-order chi connectivity index (χ0) is 24.0. The van der Waals surface area contributed by atoms with Crippen LogP contribution in [0.1, 0.15) is 65.1 Å². The number of carbonyl (C=O) groups excluding carboxylic acids is 3. The van der Waals surface area contributed by atoms with Gasteiger partial charge < -0.3 is 24.1 Å². The molecular formula is C24H28O8. The van der Waals surface area contributed by atoms with Gasteiger partial charge in [0.05, 0.1) is 19.8 Å². The summed E-state index contributed by atoms with van der Waals surface area (Å²) in [5.41, 5.74) is 1.17. The SMILES string of the molecule is COC(=O)c1c(Oc2c(O)cc(C)cc2C=O)ccc(C(CC(C)C)OC(C)=O)c1OC. The molecule has 8 heteroatoms. The summed E-state index contributed by atoms with van der Waals surface area (Å²) in [6, 6.07) is 6.08. The van der Waals surface area contributed by atoms with Gasteiger partial charge in [-0.2, -0.15) is 0 Å². The van der Waals surface area contributed by atoms with Crippen LogP contribution < -0.4 is 9.47 Å². The van der Waals surface area contributed by atoms with Crippen molar-refractivity contribution in [3.05, 3.63) is 46.5 Å². The number of aryl methyl sites for hydroxylation is 1. The van der Waals surface area contributed by atoms with E-state index >= 15 is 0 Å². The number of ether oxygens (including phenoxy) is 4. The van der Waals surface area contributed by atoms with Gasteiger partial charge in [-0.1, -0.05) is 13.8 Å². The highest BCUT2D eigenvalue weighted by molar-refractivity contribution is 5.96. The van der Waals surface area contributed by atoms with Crippen LogP contribution in [0.3, 0.4) is 0 Å². The van der Waals surface area contributed by atoms with E-state index in [9.17, 15) is 19.5 Å². The van der Waals surface area contributed by atoms with E-state index in [1.807, 2.05) is 13.8 Å². The first kappa shape index (κ1) is 24.7. The number of benzene rings is 2. The van der Waals surface area contributed by atoms with E-state index in [1.54, 1.807) is 19.1 Å². The molecule has 2 aromatic carbocycles. The summed E-state index contributed by atoms with van der Waals surface area (Å²) < 4.78 is 21.7. The van der Waals surface area contributed by atoms with Gasteiger partial charge in [0.25, 0.3) is 0 Å². The van der Waals surface area contributed by atoms with Crippen molar-refractivity contribution in [2.75, 3.05) is 14.2 Å². The van der Waals surface area contributed by atoms with Crippen LogP contribution in [0.2, 0.25) is 0 Å². The molecule has 0 fully saturated rings. The zero-order valence-electron chi connectivity index (χ0n) is 19.1. The molecule has 0 bridgehead atoms. The molecule has 2 rings (SSSR count). The number of esters is 2. The highest BCUT2D eigenvalue weighted by Gasteiger charge is 2.29. The third-order valence-corrected chi connectivity index (χ3v) is 4.67. The van der Waals surface area contributed by atoms with Gasteiger partial charge in [0, 0.05) is 12.5 Å². The Bertz CT molecular complexity index is 1010. The highest BCUT2D eigenvalue weighted by atomic mass is 16.5. The Morgan fingerprint density at radius 2 is 1.81 bits per heavy atom. The van der Waals surface area contributed by atoms with E-state index in [2.05, 4.69) is 0 Å². The van der Waals surface area contributed by atoms with E-state index in [0.29, 0.717) is 23.8 Å². The molecular weight excluding hydrogens is 416 g/mol. The van der Waals surface area contributed by atoms with E-state index in [0.717, 1.165) is 0 Å². The summed E-state index contributed by atoms with van der Waals surface area (Å²) in [5, 5.41) is 10.3. The number of hydrogen-bond donors (Lipinski definition) is 1. The topological polar surface area (TPSA) is 108 Å². The van der Waals surface area contributed by atoms with Crippen LogP contribution in [-0.4, -0.2) is 37.6 Å². The Balaban J connectivity index is 2.70. The summed E-state index contributed by atoms with van der Waals surface area (Å²) in [6.07, 6.45) is 0.369. The molecule has 1 atom stereocenters. The molecule has 0 radical (unpaired) electrons. The van der Waals surface area contributed by atoms with Gasteiger partial charge in [-0.15, -0.1) is 0 Å². The smallest absolute Gasteiger partial charge is 0.345 e. The second kappa shape index (κ2) is 10.7. The maximum Gasteiger partial charge on any atom is 0.345 e. The lowest BCUT2D eigenvalue weighted by Crippen LogP contribution is -2.15. The first-order valence-corrected chi connectivity index (χ1v) is 10.1. The van der Waals surface area contributed by atoms with Gasteiger partial charge >= 0.3 is 11.9 Å². The van der Waals surface area contributed by atoms with Crippen molar-refractivity contribution in [3.8, 4) is 23.0 Å². The third kappa shape index (κ3) is 5.57. The molecule has 32 heavy (non-hydrogen) atoms. The zero-order valence-corrected chi connectivity index (χ0v) is 19.1. The van der Waals surface area contributed by atoms with Crippen molar-refractivity contribution in [1.29, 1.82) is 0 Å². The first-order chi connectivity index (χ1) is 15.1. The van der Waals surface area contributed by atoms with Crippen molar-refractivity contribution in [2.45, 2.75) is 40.2 Å². The minimum absolute atomic E-state index is 0.00539. The van der Waals surface area contributed by atoms with Crippen molar-refractivity contribution >= 4 is 18.2 Å². The highest BCUT2D eigenvalue weighted by Crippen LogP contribution is 2.43. The maximum atomic E-state index is 12.7. The van der Waals surface area contributed by atoms with Gasteiger partial charge in [0.2, 0.25) is 0 Å². The van der Waals surface area contributed by atoms with Gasteiger partial charge in [-0.05, 0) is 49.1 Å². The third-order valence-electron chi connectivity index (χ3n) is 4.67. The molecule has 0 spiro atoms. The normalized spacial score (nSPS) is 11.6. The molecule has 0 saturated carbocycles. The summed E-state index contributed by atoms with van der Waals surface area (Å²) in [4.78, 5) is 35.9. The van der Waals surface area contributed by atoms with E-state index in [1.165, 1.54) is 33.3 Å². The number of carbonyl (C=O) groups is 3.